The minimum atomic E-state index is -0.311. The zero-order valence-corrected chi connectivity index (χ0v) is 16.0. The van der Waals surface area contributed by atoms with Gasteiger partial charge in [0, 0.05) is 0 Å². The predicted molar refractivity (Wildman–Crippen MR) is 105 cm³/mol. The monoisotopic (exact) mass is 401 g/mol. The molecular weight excluding hydrogens is 382 g/mol. The maximum absolute atomic E-state index is 13.1. The fraction of sp³-hybridized carbons (Fsp3) is 0.435. The van der Waals surface area contributed by atoms with Crippen LogP contribution in [-0.4, -0.2) is 28.6 Å². The van der Waals surface area contributed by atoms with Crippen molar-refractivity contribution in [2.75, 3.05) is 9.80 Å². The van der Waals surface area contributed by atoms with Crippen LogP contribution in [0.4, 0.5) is 11.6 Å². The Morgan fingerprint density at radius 3 is 1.27 bits per heavy atom. The molecule has 8 atom stereocenters. The second-order valence-corrected chi connectivity index (χ2v) is 9.38. The number of imide groups is 2. The summed E-state index contributed by atoms with van der Waals surface area (Å²) >= 11 is 0. The summed E-state index contributed by atoms with van der Waals surface area (Å²) < 4.78 is 0. The van der Waals surface area contributed by atoms with Gasteiger partial charge in [0.05, 0.1) is 23.7 Å². The van der Waals surface area contributed by atoms with Gasteiger partial charge in [-0.15, -0.1) is 0 Å². The minimum Gasteiger partial charge on any atom is -0.274 e. The largest absolute Gasteiger partial charge is 0.274 e. The summed E-state index contributed by atoms with van der Waals surface area (Å²) in [6.45, 7) is 0. The second-order valence-electron chi connectivity index (χ2n) is 9.38. The molecule has 1 aromatic rings. The number of amides is 4. The number of fused-ring (bicyclic) bond motifs is 10. The molecular formula is C23H19N3O4. The van der Waals surface area contributed by atoms with E-state index in [-0.39, 0.29) is 82.6 Å². The summed E-state index contributed by atoms with van der Waals surface area (Å²) in [7, 11) is 0. The highest BCUT2D eigenvalue weighted by molar-refractivity contribution is 6.24. The van der Waals surface area contributed by atoms with E-state index in [1.54, 1.807) is 18.2 Å². The third-order valence-corrected chi connectivity index (χ3v) is 8.12. The third kappa shape index (κ3) is 1.80. The molecule has 3 heterocycles. The van der Waals surface area contributed by atoms with E-state index in [1.807, 2.05) is 24.3 Å². The highest BCUT2D eigenvalue weighted by atomic mass is 16.2. The van der Waals surface area contributed by atoms with Crippen molar-refractivity contribution in [1.29, 1.82) is 0 Å². The fourth-order valence-corrected chi connectivity index (χ4v) is 6.92. The summed E-state index contributed by atoms with van der Waals surface area (Å²) in [5.74, 6) is -1.23. The highest BCUT2D eigenvalue weighted by Crippen LogP contribution is 2.54. The van der Waals surface area contributed by atoms with Crippen molar-refractivity contribution >= 4 is 35.3 Å². The number of carbonyl (C=O) groups is 4. The predicted octanol–water partition coefficient (Wildman–Crippen LogP) is 1.70. The van der Waals surface area contributed by atoms with Gasteiger partial charge in [-0.05, 0) is 48.6 Å². The van der Waals surface area contributed by atoms with Gasteiger partial charge in [0.15, 0.2) is 0 Å². The van der Waals surface area contributed by atoms with E-state index < -0.39 is 0 Å². The average molecular weight is 401 g/mol. The van der Waals surface area contributed by atoms with Gasteiger partial charge in [0.1, 0.15) is 11.6 Å². The lowest BCUT2D eigenvalue weighted by atomic mass is 9.85. The molecule has 4 fully saturated rings. The number of hydrogen-bond acceptors (Lipinski definition) is 5. The Labute approximate surface area is 172 Å². The Bertz CT molecular complexity index is 980. The number of aromatic nitrogens is 1. The van der Waals surface area contributed by atoms with Gasteiger partial charge in [-0.25, -0.2) is 14.8 Å². The summed E-state index contributed by atoms with van der Waals surface area (Å²) in [6.07, 6.45) is 9.92. The fourth-order valence-electron chi connectivity index (χ4n) is 6.92. The second kappa shape index (κ2) is 5.33. The van der Waals surface area contributed by atoms with E-state index in [9.17, 15) is 19.2 Å². The number of allylic oxidation sites excluding steroid dienone is 4. The van der Waals surface area contributed by atoms with E-state index in [2.05, 4.69) is 4.98 Å². The van der Waals surface area contributed by atoms with Crippen LogP contribution in [0.1, 0.15) is 12.8 Å². The molecule has 0 spiro atoms. The molecule has 30 heavy (non-hydrogen) atoms. The van der Waals surface area contributed by atoms with Gasteiger partial charge >= 0.3 is 0 Å². The molecule has 2 saturated carbocycles. The van der Waals surface area contributed by atoms with Crippen molar-refractivity contribution in [3.05, 3.63) is 42.5 Å². The van der Waals surface area contributed by atoms with Gasteiger partial charge in [-0.3, -0.25) is 19.2 Å². The molecule has 150 valence electrons. The Morgan fingerprint density at radius 1 is 0.600 bits per heavy atom. The molecule has 1 aromatic heterocycles. The first kappa shape index (κ1) is 16.7. The number of nitrogens with zero attached hydrogens (tertiary/aromatic N) is 3. The van der Waals surface area contributed by atoms with Crippen LogP contribution < -0.4 is 9.80 Å². The molecule has 4 amide bonds. The summed E-state index contributed by atoms with van der Waals surface area (Å²) in [5.41, 5.74) is 0. The van der Waals surface area contributed by atoms with Crippen LogP contribution in [0.5, 0.6) is 0 Å². The van der Waals surface area contributed by atoms with Crippen molar-refractivity contribution in [1.82, 2.24) is 4.98 Å². The van der Waals surface area contributed by atoms with E-state index in [4.69, 9.17) is 0 Å². The molecule has 7 heteroatoms. The van der Waals surface area contributed by atoms with Gasteiger partial charge in [-0.2, -0.15) is 0 Å². The molecule has 4 aliphatic carbocycles. The quantitative estimate of drug-likeness (QED) is 0.556. The lowest BCUT2D eigenvalue weighted by Gasteiger charge is -2.20. The van der Waals surface area contributed by atoms with Gasteiger partial charge < -0.3 is 0 Å². The highest BCUT2D eigenvalue weighted by Gasteiger charge is 2.61. The lowest BCUT2D eigenvalue weighted by Crippen LogP contribution is -2.36. The van der Waals surface area contributed by atoms with Crippen molar-refractivity contribution in [3.8, 4) is 0 Å². The van der Waals surface area contributed by atoms with E-state index in [1.165, 1.54) is 9.80 Å². The lowest BCUT2D eigenvalue weighted by molar-refractivity contribution is -0.124. The van der Waals surface area contributed by atoms with Crippen LogP contribution in [0.25, 0.3) is 0 Å². The van der Waals surface area contributed by atoms with E-state index in [0.29, 0.717) is 0 Å². The Kier molecular flexibility index (Phi) is 2.96. The smallest absolute Gasteiger partial charge is 0.239 e. The van der Waals surface area contributed by atoms with Crippen LogP contribution >= 0.6 is 0 Å². The number of carbonyl (C=O) groups excluding carboxylic acids is 4. The SMILES string of the molecule is O=C1[C@@H]2[C@H](C(=O)N1c1cccc(N3C(=O)[C@@H]4[C@H](C3=O)[C@H]3C=C[C@H]4C3)n1)[C@H]1C=C[C@H]2C1. The average Bonchev–Trinajstić information content (AvgIpc) is 3.55. The molecule has 2 saturated heterocycles. The Balaban J connectivity index is 1.24. The number of anilines is 2. The molecule has 0 unspecified atom stereocenters. The van der Waals surface area contributed by atoms with E-state index >= 15 is 0 Å². The van der Waals surface area contributed by atoms with Crippen molar-refractivity contribution in [2.24, 2.45) is 47.3 Å². The Morgan fingerprint density at radius 2 is 0.933 bits per heavy atom. The van der Waals surface area contributed by atoms with Crippen molar-refractivity contribution < 1.29 is 19.2 Å². The molecule has 6 aliphatic rings. The molecule has 7 rings (SSSR count). The van der Waals surface area contributed by atoms with Crippen LogP contribution in [-0.2, 0) is 19.2 Å². The maximum Gasteiger partial charge on any atom is 0.239 e. The van der Waals surface area contributed by atoms with Crippen molar-refractivity contribution in [3.63, 3.8) is 0 Å². The third-order valence-electron chi connectivity index (χ3n) is 8.12. The molecule has 2 aliphatic heterocycles. The normalized spacial score (nSPS) is 42.3. The van der Waals surface area contributed by atoms with Gasteiger partial charge in [-0.1, -0.05) is 30.4 Å². The zero-order chi connectivity index (χ0) is 20.3. The first-order valence-electron chi connectivity index (χ1n) is 10.6. The first-order valence-corrected chi connectivity index (χ1v) is 10.6. The van der Waals surface area contributed by atoms with E-state index in [0.717, 1.165) is 12.8 Å². The topological polar surface area (TPSA) is 87.7 Å². The molecule has 4 bridgehead atoms. The van der Waals surface area contributed by atoms with Gasteiger partial charge in [0.2, 0.25) is 23.6 Å². The molecule has 0 radical (unpaired) electrons. The minimum absolute atomic E-state index is 0.119. The summed E-state index contributed by atoms with van der Waals surface area (Å²) in [6, 6.07) is 4.86. The number of pyridine rings is 1. The van der Waals surface area contributed by atoms with Crippen molar-refractivity contribution in [2.45, 2.75) is 12.8 Å². The zero-order valence-electron chi connectivity index (χ0n) is 16.0. The summed E-state index contributed by atoms with van der Waals surface area (Å²) in [4.78, 5) is 59.1. The van der Waals surface area contributed by atoms with Crippen LogP contribution in [0.2, 0.25) is 0 Å². The summed E-state index contributed by atoms with van der Waals surface area (Å²) in [5, 5.41) is 0. The molecule has 7 nitrogen and oxygen atoms in total. The standard InChI is InChI=1S/C23H19N3O4/c27-20-16-10-4-5-11(8-10)17(16)21(28)25(20)14-2-1-3-15(24-14)26-22(29)18-12-6-7-13(9-12)19(18)23(26)30/h1-7,10-13,16-19H,8-9H2/t10-,11-,12-,13-,16-,17+,18-,19+/m0/s1. The Hall–Kier alpha value is -3.09. The maximum atomic E-state index is 13.1. The van der Waals surface area contributed by atoms with Gasteiger partial charge in [0.25, 0.3) is 0 Å². The first-order chi connectivity index (χ1) is 14.5. The van der Waals surface area contributed by atoms with Crippen LogP contribution in [0.3, 0.4) is 0 Å². The van der Waals surface area contributed by atoms with Crippen LogP contribution in [0.15, 0.2) is 42.5 Å². The number of rotatable bonds is 2. The molecule has 0 aromatic carbocycles. The van der Waals surface area contributed by atoms with Crippen LogP contribution in [0, 0.1) is 47.3 Å². The number of hydrogen-bond donors (Lipinski definition) is 0. The molecule has 0 N–H and O–H groups in total.